The Labute approximate surface area is 49.7 Å². The Hall–Kier alpha value is 0.778. The summed E-state index contributed by atoms with van der Waals surface area (Å²) in [6, 6.07) is 0. The van der Waals surface area contributed by atoms with E-state index in [1.165, 1.54) is 0 Å². The third-order valence-electron chi connectivity index (χ3n) is 0.771. The summed E-state index contributed by atoms with van der Waals surface area (Å²) >= 11 is -1.44. The summed E-state index contributed by atoms with van der Waals surface area (Å²) in [5.74, 6) is 0. The van der Waals surface area contributed by atoms with Gasteiger partial charge in [0.05, 0.1) is 0 Å². The van der Waals surface area contributed by atoms with Gasteiger partial charge in [-0.3, -0.25) is 0 Å². The van der Waals surface area contributed by atoms with Crippen molar-refractivity contribution < 1.29 is 5.11 Å². The van der Waals surface area contributed by atoms with Gasteiger partial charge in [0, 0.05) is 0 Å². The minimum atomic E-state index is -1.44. The van der Waals surface area contributed by atoms with Gasteiger partial charge in [-0.25, -0.2) is 0 Å². The maximum absolute atomic E-state index is 8.45. The first-order valence-electron chi connectivity index (χ1n) is 2.47. The molecule has 2 heteroatoms. The molecular weight excluding hydrogens is 198 g/mol. The predicted octanol–water partition coefficient (Wildman–Crippen LogP) is 1.32. The van der Waals surface area contributed by atoms with Crippen LogP contribution in [0.5, 0.6) is 0 Å². The molecule has 0 heterocycles. The van der Waals surface area contributed by atoms with Gasteiger partial charge in [0.2, 0.25) is 0 Å². The van der Waals surface area contributed by atoms with Gasteiger partial charge in [-0.05, 0) is 0 Å². The van der Waals surface area contributed by atoms with E-state index in [9.17, 15) is 0 Å². The first kappa shape index (κ1) is 7.78. The molecule has 0 bridgehead atoms. The van der Waals surface area contributed by atoms with Crippen LogP contribution < -0.4 is 0 Å². The molecule has 0 radical (unpaired) electrons. The van der Waals surface area contributed by atoms with Crippen LogP contribution in [0.3, 0.4) is 0 Å². The van der Waals surface area contributed by atoms with Crippen LogP contribution in [0.15, 0.2) is 0 Å². The monoisotopic (exact) mass is 211 g/mol. The summed E-state index contributed by atoms with van der Waals surface area (Å²) in [5, 5.41) is 8.45. The Morgan fingerprint density at radius 1 is 1.29 bits per heavy atom. The van der Waals surface area contributed by atoms with Crippen LogP contribution in [0.25, 0.3) is 0 Å². The first-order valence-corrected chi connectivity index (χ1v) is 11.9. The van der Waals surface area contributed by atoms with Crippen molar-refractivity contribution in [1.29, 1.82) is 0 Å². The van der Waals surface area contributed by atoms with Gasteiger partial charge in [0.1, 0.15) is 0 Å². The summed E-state index contributed by atoms with van der Waals surface area (Å²) in [5.41, 5.74) is 0. The summed E-state index contributed by atoms with van der Waals surface area (Å²) in [6.45, 7) is 0.398. The van der Waals surface area contributed by atoms with E-state index in [2.05, 4.69) is 14.6 Å². The average Bonchev–Trinajstić information content (AvgIpc) is 1.30. The fraction of sp³-hybridized carbons (Fsp3) is 1.00. The molecule has 0 spiro atoms. The van der Waals surface area contributed by atoms with Crippen molar-refractivity contribution in [2.45, 2.75) is 19.0 Å². The average molecular weight is 212 g/mol. The Balaban J connectivity index is 3.15. The molecule has 0 rings (SSSR count). The summed E-state index contributed by atoms with van der Waals surface area (Å²) in [6.07, 6.45) is 0. The van der Waals surface area contributed by atoms with Crippen molar-refractivity contribution in [2.24, 2.45) is 0 Å². The van der Waals surface area contributed by atoms with Crippen molar-refractivity contribution in [3.8, 4) is 0 Å². The molecule has 0 aliphatic carbocycles. The van der Waals surface area contributed by atoms with Crippen LogP contribution in [0, 0.1) is 0 Å². The van der Waals surface area contributed by atoms with E-state index in [4.69, 9.17) is 5.11 Å². The van der Waals surface area contributed by atoms with Gasteiger partial charge < -0.3 is 0 Å². The molecule has 0 atom stereocenters. The molecule has 0 saturated carbocycles. The molecule has 0 aliphatic rings. The number of rotatable bonds is 2. The molecule has 0 aromatic heterocycles. The van der Waals surface area contributed by atoms with Crippen LogP contribution in [-0.4, -0.2) is 30.5 Å². The van der Waals surface area contributed by atoms with Crippen LogP contribution >= 0.6 is 0 Å². The fourth-order valence-corrected chi connectivity index (χ4v) is 2.01. The Bertz CT molecular complexity index is 46.5. The second-order valence-electron chi connectivity index (χ2n) is 2.74. The SMILES string of the molecule is [CH3][Sb+]([CH3])([CH3])[CH2]CO. The van der Waals surface area contributed by atoms with Crippen molar-refractivity contribution >= 4 is 18.8 Å². The van der Waals surface area contributed by atoms with Gasteiger partial charge in [-0.15, -0.1) is 0 Å². The standard InChI is InChI=1S/C2H5O.3CH3.Sb/c1-2-3;;;;/h3H,1-2H2;3*1H3;/q;;;;+1. The van der Waals surface area contributed by atoms with Gasteiger partial charge in [0.15, 0.2) is 0 Å². The molecule has 0 saturated heterocycles. The van der Waals surface area contributed by atoms with Crippen LogP contribution in [0.2, 0.25) is 19.0 Å². The molecule has 1 nitrogen and oxygen atoms in total. The van der Waals surface area contributed by atoms with E-state index in [1.807, 2.05) is 0 Å². The van der Waals surface area contributed by atoms with E-state index in [0.29, 0.717) is 6.61 Å². The van der Waals surface area contributed by atoms with Gasteiger partial charge in [0.25, 0.3) is 0 Å². The molecule has 0 aliphatic heterocycles. The van der Waals surface area contributed by atoms with Crippen molar-refractivity contribution in [2.75, 3.05) is 6.61 Å². The first-order chi connectivity index (χ1) is 3.06. The topological polar surface area (TPSA) is 20.2 Å². The zero-order valence-electron chi connectivity index (χ0n) is 5.31. The molecule has 0 amide bonds. The normalized spacial score (nSPS) is 12.0. The number of hydrogen-bond donors (Lipinski definition) is 1. The minimum absolute atomic E-state index is 0.398. The number of hydrogen-bond acceptors (Lipinski definition) is 1. The van der Waals surface area contributed by atoms with Crippen molar-refractivity contribution in [1.82, 2.24) is 0 Å². The molecule has 0 unspecified atom stereocenters. The molecule has 44 valence electrons. The van der Waals surface area contributed by atoms with E-state index < -0.39 is 18.8 Å². The molecule has 1 N–H and O–H groups in total. The van der Waals surface area contributed by atoms with Gasteiger partial charge in [-0.1, -0.05) is 0 Å². The molecule has 7 heavy (non-hydrogen) atoms. The van der Waals surface area contributed by atoms with Gasteiger partial charge >= 0.3 is 49.5 Å². The van der Waals surface area contributed by atoms with Crippen LogP contribution in [0.1, 0.15) is 0 Å². The molecule has 0 aromatic carbocycles. The summed E-state index contributed by atoms with van der Waals surface area (Å²) in [7, 11) is 0. The second kappa shape index (κ2) is 2.94. The Kier molecular flexibility index (Phi) is 3.26. The van der Waals surface area contributed by atoms with Crippen molar-refractivity contribution in [3.63, 3.8) is 0 Å². The molecule has 0 aromatic rings. The van der Waals surface area contributed by atoms with E-state index in [1.54, 1.807) is 0 Å². The van der Waals surface area contributed by atoms with E-state index in [0.717, 1.165) is 4.37 Å². The van der Waals surface area contributed by atoms with Crippen LogP contribution in [-0.2, 0) is 0 Å². The quantitative estimate of drug-likeness (QED) is 0.684. The Morgan fingerprint density at radius 2 is 1.71 bits per heavy atom. The zero-order valence-corrected chi connectivity index (χ0v) is 7.86. The zero-order chi connectivity index (χ0) is 5.91. The summed E-state index contributed by atoms with van der Waals surface area (Å²) < 4.78 is 1.10. The maximum atomic E-state index is 8.45. The number of aliphatic hydroxyl groups is 1. The molecular formula is C5H14OSb+. The van der Waals surface area contributed by atoms with Gasteiger partial charge in [-0.2, -0.15) is 0 Å². The fourth-order valence-electron chi connectivity index (χ4n) is 0.300. The number of aliphatic hydroxyl groups excluding tert-OH is 1. The predicted molar refractivity (Wildman–Crippen MR) is 35.2 cm³/mol. The van der Waals surface area contributed by atoms with E-state index >= 15 is 0 Å². The second-order valence-corrected chi connectivity index (χ2v) is 17.1. The van der Waals surface area contributed by atoms with Crippen LogP contribution in [0.4, 0.5) is 0 Å². The van der Waals surface area contributed by atoms with Crippen molar-refractivity contribution in [3.05, 3.63) is 0 Å². The third-order valence-corrected chi connectivity index (χ3v) is 5.17. The Morgan fingerprint density at radius 3 is 1.71 bits per heavy atom. The molecule has 0 fully saturated rings. The van der Waals surface area contributed by atoms with E-state index in [-0.39, 0.29) is 0 Å². The summed E-state index contributed by atoms with van der Waals surface area (Å²) in [4.78, 5) is 6.94. The third kappa shape index (κ3) is 6.78.